The molecule has 0 spiro atoms. The quantitative estimate of drug-likeness (QED) is 0.405. The normalized spacial score (nSPS) is 12.1. The first-order valence-electron chi connectivity index (χ1n) is 8.65. The summed E-state index contributed by atoms with van der Waals surface area (Å²) in [7, 11) is 0. The van der Waals surface area contributed by atoms with Gasteiger partial charge in [-0.2, -0.15) is 0 Å². The molecular weight excluding hydrogens is 380 g/mol. The average Bonchev–Trinajstić information content (AvgIpc) is 2.61. The summed E-state index contributed by atoms with van der Waals surface area (Å²) in [5, 5.41) is 0. The molecule has 3 nitrogen and oxygen atoms in total. The van der Waals surface area contributed by atoms with Crippen LogP contribution in [0.4, 0.5) is 0 Å². The maximum absolute atomic E-state index is 12.3. The molecule has 0 saturated heterocycles. The lowest BCUT2D eigenvalue weighted by Gasteiger charge is -2.12. The Labute approximate surface area is 158 Å². The summed E-state index contributed by atoms with van der Waals surface area (Å²) in [6.07, 6.45) is 1.07. The van der Waals surface area contributed by atoms with E-state index < -0.39 is 0 Å². The molecule has 25 heavy (non-hydrogen) atoms. The minimum absolute atomic E-state index is 0.382. The highest BCUT2D eigenvalue weighted by Crippen LogP contribution is 2.30. The SMILES string of the molecule is CCC(C)c1ccc(OC(=O)c2ccc(OCC(C)C)cc2)c(Br)c1. The van der Waals surface area contributed by atoms with E-state index in [1.165, 1.54) is 5.56 Å². The Morgan fingerprint density at radius 3 is 2.32 bits per heavy atom. The van der Waals surface area contributed by atoms with E-state index in [1.54, 1.807) is 24.3 Å². The zero-order chi connectivity index (χ0) is 18.4. The van der Waals surface area contributed by atoms with Gasteiger partial charge in [0, 0.05) is 0 Å². The van der Waals surface area contributed by atoms with Crippen LogP contribution in [0, 0.1) is 5.92 Å². The molecule has 0 aliphatic rings. The first kappa shape index (κ1) is 19.5. The lowest BCUT2D eigenvalue weighted by atomic mass is 9.99. The summed E-state index contributed by atoms with van der Waals surface area (Å²) in [4.78, 5) is 12.3. The van der Waals surface area contributed by atoms with Crippen molar-refractivity contribution in [1.82, 2.24) is 0 Å². The fourth-order valence-electron chi connectivity index (χ4n) is 2.25. The van der Waals surface area contributed by atoms with E-state index in [0.717, 1.165) is 16.6 Å². The molecule has 0 fully saturated rings. The second-order valence-electron chi connectivity index (χ2n) is 6.62. The van der Waals surface area contributed by atoms with Crippen molar-refractivity contribution in [2.24, 2.45) is 5.92 Å². The van der Waals surface area contributed by atoms with Gasteiger partial charge in [0.1, 0.15) is 11.5 Å². The second kappa shape index (κ2) is 9.04. The van der Waals surface area contributed by atoms with Gasteiger partial charge in [-0.05, 0) is 76.1 Å². The van der Waals surface area contributed by atoms with Gasteiger partial charge in [-0.3, -0.25) is 0 Å². The van der Waals surface area contributed by atoms with E-state index in [2.05, 4.69) is 43.6 Å². The molecule has 0 bridgehead atoms. The van der Waals surface area contributed by atoms with Gasteiger partial charge in [-0.1, -0.05) is 33.8 Å². The van der Waals surface area contributed by atoms with Crippen molar-refractivity contribution < 1.29 is 14.3 Å². The van der Waals surface area contributed by atoms with E-state index >= 15 is 0 Å². The summed E-state index contributed by atoms with van der Waals surface area (Å²) in [5.74, 6) is 1.83. The third-order valence-corrected chi connectivity index (χ3v) is 4.63. The zero-order valence-corrected chi connectivity index (χ0v) is 16.8. The Morgan fingerprint density at radius 1 is 1.08 bits per heavy atom. The Hall–Kier alpha value is -1.81. The standard InChI is InChI=1S/C21H25BrO3/c1-5-15(4)17-8-11-20(19(22)12-17)25-21(23)16-6-9-18(10-7-16)24-13-14(2)3/h6-12,14-15H,5,13H2,1-4H3. The number of benzene rings is 2. The van der Waals surface area contributed by atoms with Crippen LogP contribution in [0.5, 0.6) is 11.5 Å². The van der Waals surface area contributed by atoms with Gasteiger partial charge < -0.3 is 9.47 Å². The highest BCUT2D eigenvalue weighted by Gasteiger charge is 2.13. The van der Waals surface area contributed by atoms with Crippen molar-refractivity contribution in [3.05, 3.63) is 58.1 Å². The summed E-state index contributed by atoms with van der Waals surface area (Å²) >= 11 is 3.49. The smallest absolute Gasteiger partial charge is 0.343 e. The molecule has 0 aliphatic heterocycles. The van der Waals surface area contributed by atoms with E-state index in [1.807, 2.05) is 18.2 Å². The number of carbonyl (C=O) groups is 1. The summed E-state index contributed by atoms with van der Waals surface area (Å²) < 4.78 is 11.9. The van der Waals surface area contributed by atoms with Crippen molar-refractivity contribution in [3.8, 4) is 11.5 Å². The van der Waals surface area contributed by atoms with Crippen molar-refractivity contribution in [3.63, 3.8) is 0 Å². The predicted octanol–water partition coefficient (Wildman–Crippen LogP) is 6.22. The molecule has 0 aromatic heterocycles. The Bertz CT molecular complexity index is 708. The van der Waals surface area contributed by atoms with Gasteiger partial charge in [0.15, 0.2) is 0 Å². The first-order chi connectivity index (χ1) is 11.9. The molecular formula is C21H25BrO3. The van der Waals surface area contributed by atoms with Crippen LogP contribution < -0.4 is 9.47 Å². The molecule has 134 valence electrons. The summed E-state index contributed by atoms with van der Waals surface area (Å²) in [5.41, 5.74) is 1.72. The van der Waals surface area contributed by atoms with Crippen LogP contribution in [0.2, 0.25) is 0 Å². The number of hydrogen-bond acceptors (Lipinski definition) is 3. The van der Waals surface area contributed by atoms with Crippen LogP contribution in [-0.2, 0) is 0 Å². The van der Waals surface area contributed by atoms with Gasteiger partial charge in [0.05, 0.1) is 16.6 Å². The van der Waals surface area contributed by atoms with Gasteiger partial charge in [-0.15, -0.1) is 0 Å². The molecule has 0 N–H and O–H groups in total. The molecule has 0 heterocycles. The minimum atomic E-state index is -0.382. The number of rotatable bonds is 7. The average molecular weight is 405 g/mol. The van der Waals surface area contributed by atoms with E-state index in [9.17, 15) is 4.79 Å². The highest BCUT2D eigenvalue weighted by atomic mass is 79.9. The maximum atomic E-state index is 12.3. The van der Waals surface area contributed by atoms with Crippen LogP contribution >= 0.6 is 15.9 Å². The molecule has 1 atom stereocenters. The number of halogens is 1. The summed E-state index contributed by atoms with van der Waals surface area (Å²) in [6, 6.07) is 12.9. The second-order valence-corrected chi connectivity index (χ2v) is 7.47. The van der Waals surface area contributed by atoms with Crippen LogP contribution in [0.1, 0.15) is 56.0 Å². The van der Waals surface area contributed by atoms with Crippen LogP contribution in [-0.4, -0.2) is 12.6 Å². The van der Waals surface area contributed by atoms with Gasteiger partial charge in [-0.25, -0.2) is 4.79 Å². The Balaban J connectivity index is 2.04. The predicted molar refractivity (Wildman–Crippen MR) is 105 cm³/mol. The van der Waals surface area contributed by atoms with E-state index in [-0.39, 0.29) is 5.97 Å². The molecule has 0 amide bonds. The molecule has 2 rings (SSSR count). The monoisotopic (exact) mass is 404 g/mol. The molecule has 0 saturated carbocycles. The maximum Gasteiger partial charge on any atom is 0.343 e. The topological polar surface area (TPSA) is 35.5 Å². The molecule has 2 aromatic carbocycles. The number of carbonyl (C=O) groups excluding carboxylic acids is 1. The lowest BCUT2D eigenvalue weighted by Crippen LogP contribution is -2.09. The van der Waals surface area contributed by atoms with Crippen LogP contribution in [0.3, 0.4) is 0 Å². The zero-order valence-electron chi connectivity index (χ0n) is 15.2. The summed E-state index contributed by atoms with van der Waals surface area (Å²) in [6.45, 7) is 9.17. The fraction of sp³-hybridized carbons (Fsp3) is 0.381. The lowest BCUT2D eigenvalue weighted by molar-refractivity contribution is 0.0733. The van der Waals surface area contributed by atoms with Crippen LogP contribution in [0.15, 0.2) is 46.9 Å². The van der Waals surface area contributed by atoms with Gasteiger partial charge >= 0.3 is 5.97 Å². The fourth-order valence-corrected chi connectivity index (χ4v) is 2.73. The van der Waals surface area contributed by atoms with E-state index in [4.69, 9.17) is 9.47 Å². The largest absolute Gasteiger partial charge is 0.493 e. The molecule has 0 aliphatic carbocycles. The van der Waals surface area contributed by atoms with Crippen molar-refractivity contribution >= 4 is 21.9 Å². The molecule has 0 radical (unpaired) electrons. The number of hydrogen-bond donors (Lipinski definition) is 0. The highest BCUT2D eigenvalue weighted by molar-refractivity contribution is 9.10. The van der Waals surface area contributed by atoms with Crippen molar-refractivity contribution in [2.45, 2.75) is 40.0 Å². The van der Waals surface area contributed by atoms with Crippen molar-refractivity contribution in [2.75, 3.05) is 6.61 Å². The Morgan fingerprint density at radius 2 is 1.76 bits per heavy atom. The molecule has 1 unspecified atom stereocenters. The Kier molecular flexibility index (Phi) is 7.06. The first-order valence-corrected chi connectivity index (χ1v) is 9.44. The van der Waals surface area contributed by atoms with Crippen LogP contribution in [0.25, 0.3) is 0 Å². The third kappa shape index (κ3) is 5.60. The number of ether oxygens (including phenoxy) is 2. The molecule has 2 aromatic rings. The number of esters is 1. The minimum Gasteiger partial charge on any atom is -0.493 e. The van der Waals surface area contributed by atoms with Crippen molar-refractivity contribution in [1.29, 1.82) is 0 Å². The van der Waals surface area contributed by atoms with E-state index in [0.29, 0.717) is 29.8 Å². The third-order valence-electron chi connectivity index (χ3n) is 4.01. The molecule has 4 heteroatoms. The van der Waals surface area contributed by atoms with Gasteiger partial charge in [0.2, 0.25) is 0 Å². The van der Waals surface area contributed by atoms with Gasteiger partial charge in [0.25, 0.3) is 0 Å².